The molecule has 1 aromatic heterocycles. The number of thiophene rings is 1. The summed E-state index contributed by atoms with van der Waals surface area (Å²) < 4.78 is 0. The molecule has 1 N–H and O–H groups in total. The molecule has 0 bridgehead atoms. The number of piperidine rings is 1. The number of likely N-dealkylation sites (tertiary alicyclic amines) is 1. The maximum atomic E-state index is 12.7. The van der Waals surface area contributed by atoms with Crippen LogP contribution in [0.25, 0.3) is 0 Å². The molecule has 3 rings (SSSR count). The van der Waals surface area contributed by atoms with Crippen molar-refractivity contribution in [1.29, 1.82) is 0 Å². The zero-order valence-electron chi connectivity index (χ0n) is 13.5. The lowest BCUT2D eigenvalue weighted by molar-refractivity contribution is -0.139. The number of carbonyl (C=O) groups is 2. The summed E-state index contributed by atoms with van der Waals surface area (Å²) in [6.07, 6.45) is 2.87. The van der Waals surface area contributed by atoms with Crippen LogP contribution >= 0.6 is 34.5 Å². The third-order valence-corrected chi connectivity index (χ3v) is 5.83. The van der Waals surface area contributed by atoms with Crippen LogP contribution in [0.1, 0.15) is 24.1 Å². The lowest BCUT2D eigenvalue weighted by Gasteiger charge is -2.34. The standard InChI is InChI=1S/C18H18Cl2N2O2S/c19-14-7-6-12(10-15(14)20)21-18(24)16-5-1-2-8-22(16)17(23)11-13-4-3-9-25-13/h3-4,6-7,9-10,16H,1-2,5,8,11H2,(H,21,24). The van der Waals surface area contributed by atoms with Crippen molar-refractivity contribution in [2.24, 2.45) is 0 Å². The van der Waals surface area contributed by atoms with E-state index in [0.717, 1.165) is 17.7 Å². The summed E-state index contributed by atoms with van der Waals surface area (Å²) in [5.41, 5.74) is 0.579. The minimum absolute atomic E-state index is 0.00330. The quantitative estimate of drug-likeness (QED) is 0.819. The molecule has 1 saturated heterocycles. The fourth-order valence-corrected chi connectivity index (χ4v) is 3.96. The minimum atomic E-state index is -0.448. The first-order valence-electron chi connectivity index (χ1n) is 8.12. The monoisotopic (exact) mass is 396 g/mol. The topological polar surface area (TPSA) is 49.4 Å². The molecule has 1 aliphatic rings. The molecule has 4 nitrogen and oxygen atoms in total. The lowest BCUT2D eigenvalue weighted by Crippen LogP contribution is -2.50. The van der Waals surface area contributed by atoms with Crippen molar-refractivity contribution in [3.8, 4) is 0 Å². The van der Waals surface area contributed by atoms with Crippen molar-refractivity contribution < 1.29 is 9.59 Å². The van der Waals surface area contributed by atoms with Crippen LogP contribution in [0.15, 0.2) is 35.7 Å². The van der Waals surface area contributed by atoms with E-state index < -0.39 is 6.04 Å². The van der Waals surface area contributed by atoms with Crippen molar-refractivity contribution in [2.45, 2.75) is 31.7 Å². The molecular formula is C18H18Cl2N2O2S. The molecule has 0 radical (unpaired) electrons. The molecule has 0 aliphatic carbocycles. The highest BCUT2D eigenvalue weighted by Gasteiger charge is 2.32. The van der Waals surface area contributed by atoms with Crippen molar-refractivity contribution in [2.75, 3.05) is 11.9 Å². The molecule has 0 saturated carbocycles. The van der Waals surface area contributed by atoms with Crippen molar-refractivity contribution in [1.82, 2.24) is 4.90 Å². The Kier molecular flexibility index (Phi) is 5.99. The van der Waals surface area contributed by atoms with Gasteiger partial charge in [-0.3, -0.25) is 9.59 Å². The second-order valence-electron chi connectivity index (χ2n) is 5.97. The Labute approximate surface area is 160 Å². The zero-order valence-corrected chi connectivity index (χ0v) is 15.8. The maximum absolute atomic E-state index is 12.7. The van der Waals surface area contributed by atoms with Crippen molar-refractivity contribution in [3.63, 3.8) is 0 Å². The smallest absolute Gasteiger partial charge is 0.247 e. The van der Waals surface area contributed by atoms with Gasteiger partial charge in [-0.15, -0.1) is 11.3 Å². The Bertz CT molecular complexity index is 764. The number of nitrogens with zero attached hydrogens (tertiary/aromatic N) is 1. The van der Waals surface area contributed by atoms with E-state index in [9.17, 15) is 9.59 Å². The van der Waals surface area contributed by atoms with Gasteiger partial charge in [-0.25, -0.2) is 0 Å². The number of carbonyl (C=O) groups excluding carboxylic acids is 2. The number of benzene rings is 1. The first-order chi connectivity index (χ1) is 12.0. The van der Waals surface area contributed by atoms with Gasteiger partial charge in [-0.1, -0.05) is 29.3 Å². The number of nitrogens with one attached hydrogen (secondary N) is 1. The van der Waals surface area contributed by atoms with Gasteiger partial charge in [0.15, 0.2) is 0 Å². The van der Waals surface area contributed by atoms with Crippen molar-refractivity contribution >= 4 is 52.0 Å². The van der Waals surface area contributed by atoms with Crippen LogP contribution in [-0.2, 0) is 16.0 Å². The second-order valence-corrected chi connectivity index (χ2v) is 7.82. The predicted molar refractivity (Wildman–Crippen MR) is 102 cm³/mol. The van der Waals surface area contributed by atoms with Gasteiger partial charge in [0.25, 0.3) is 0 Å². The molecule has 0 spiro atoms. The molecule has 25 heavy (non-hydrogen) atoms. The average Bonchev–Trinajstić information content (AvgIpc) is 3.11. The fraction of sp³-hybridized carbons (Fsp3) is 0.333. The number of hydrogen-bond donors (Lipinski definition) is 1. The Balaban J connectivity index is 1.69. The third-order valence-electron chi connectivity index (χ3n) is 4.22. The SMILES string of the molecule is O=C(Nc1ccc(Cl)c(Cl)c1)C1CCCCN1C(=O)Cc1cccs1. The van der Waals surface area contributed by atoms with Gasteiger partial charge in [0.1, 0.15) is 6.04 Å². The minimum Gasteiger partial charge on any atom is -0.330 e. The van der Waals surface area contributed by atoms with E-state index in [1.54, 1.807) is 34.4 Å². The first-order valence-corrected chi connectivity index (χ1v) is 9.76. The molecule has 1 atom stereocenters. The molecule has 2 aromatic rings. The highest BCUT2D eigenvalue weighted by atomic mass is 35.5. The van der Waals surface area contributed by atoms with E-state index in [0.29, 0.717) is 35.1 Å². The number of hydrogen-bond acceptors (Lipinski definition) is 3. The van der Waals surface area contributed by atoms with E-state index in [1.807, 2.05) is 17.5 Å². The number of anilines is 1. The third kappa shape index (κ3) is 4.54. The summed E-state index contributed by atoms with van der Waals surface area (Å²) in [5, 5.41) is 5.62. The summed E-state index contributed by atoms with van der Waals surface area (Å²) in [6.45, 7) is 0.615. The Hall–Kier alpha value is -1.56. The predicted octanol–water partition coefficient (Wildman–Crippen LogP) is 4.62. The molecule has 2 heterocycles. The zero-order chi connectivity index (χ0) is 17.8. The molecule has 7 heteroatoms. The summed E-state index contributed by atoms with van der Waals surface area (Å²) in [7, 11) is 0. The van der Waals surface area contributed by atoms with E-state index in [-0.39, 0.29) is 11.8 Å². The van der Waals surface area contributed by atoms with Crippen LogP contribution in [0.4, 0.5) is 5.69 Å². The lowest BCUT2D eigenvalue weighted by atomic mass is 10.0. The van der Waals surface area contributed by atoms with E-state index in [1.165, 1.54) is 0 Å². The number of rotatable bonds is 4. The Morgan fingerprint density at radius 2 is 2.04 bits per heavy atom. The molecule has 1 unspecified atom stereocenters. The normalized spacial score (nSPS) is 17.4. The Morgan fingerprint density at radius 3 is 2.76 bits per heavy atom. The van der Waals surface area contributed by atoms with Crippen molar-refractivity contribution in [3.05, 3.63) is 50.6 Å². The highest BCUT2D eigenvalue weighted by Crippen LogP contribution is 2.26. The molecular weight excluding hydrogens is 379 g/mol. The van der Waals surface area contributed by atoms with Gasteiger partial charge < -0.3 is 10.2 Å². The van der Waals surface area contributed by atoms with E-state index >= 15 is 0 Å². The van der Waals surface area contributed by atoms with Crippen LogP contribution in [0.5, 0.6) is 0 Å². The van der Waals surface area contributed by atoms with Crippen LogP contribution in [0.3, 0.4) is 0 Å². The first kappa shape index (κ1) is 18.2. The van der Waals surface area contributed by atoms with Crippen LogP contribution in [0.2, 0.25) is 10.0 Å². The summed E-state index contributed by atoms with van der Waals surface area (Å²) in [5.74, 6) is -0.186. The molecule has 1 aromatic carbocycles. The number of amides is 2. The van der Waals surface area contributed by atoms with Gasteiger partial charge >= 0.3 is 0 Å². The summed E-state index contributed by atoms with van der Waals surface area (Å²) in [6, 6.07) is 8.38. The largest absolute Gasteiger partial charge is 0.330 e. The summed E-state index contributed by atoms with van der Waals surface area (Å²) >= 11 is 13.5. The Morgan fingerprint density at radius 1 is 1.20 bits per heavy atom. The summed E-state index contributed by atoms with van der Waals surface area (Å²) in [4.78, 5) is 28.1. The highest BCUT2D eigenvalue weighted by molar-refractivity contribution is 7.10. The average molecular weight is 397 g/mol. The fourth-order valence-electron chi connectivity index (χ4n) is 2.97. The van der Waals surface area contributed by atoms with Crippen LogP contribution in [-0.4, -0.2) is 29.3 Å². The molecule has 2 amide bonds. The second kappa shape index (κ2) is 8.21. The molecule has 1 aliphatic heterocycles. The van der Waals surface area contributed by atoms with Gasteiger partial charge in [0.2, 0.25) is 11.8 Å². The van der Waals surface area contributed by atoms with E-state index in [2.05, 4.69) is 5.32 Å². The molecule has 1 fully saturated rings. The van der Waals surface area contributed by atoms with E-state index in [4.69, 9.17) is 23.2 Å². The van der Waals surface area contributed by atoms with Gasteiger partial charge in [0.05, 0.1) is 16.5 Å². The van der Waals surface area contributed by atoms with Gasteiger partial charge in [0, 0.05) is 17.1 Å². The van der Waals surface area contributed by atoms with Crippen LogP contribution < -0.4 is 5.32 Å². The van der Waals surface area contributed by atoms with Gasteiger partial charge in [-0.2, -0.15) is 0 Å². The van der Waals surface area contributed by atoms with Crippen LogP contribution in [0, 0.1) is 0 Å². The van der Waals surface area contributed by atoms with Gasteiger partial charge in [-0.05, 0) is 48.9 Å². The number of halogens is 2. The maximum Gasteiger partial charge on any atom is 0.247 e. The molecule has 132 valence electrons.